The maximum atomic E-state index is 13.1. The van der Waals surface area contributed by atoms with Gasteiger partial charge in [-0.25, -0.2) is 4.39 Å². The molecule has 4 nitrogen and oxygen atoms in total. The molecule has 24 heavy (non-hydrogen) atoms. The molecule has 0 unspecified atom stereocenters. The van der Waals surface area contributed by atoms with Crippen LogP contribution in [0.15, 0.2) is 46.9 Å². The van der Waals surface area contributed by atoms with Crippen molar-refractivity contribution in [1.82, 2.24) is 10.6 Å². The molecule has 2 rings (SSSR count). The molecule has 2 N–H and O–H groups in total. The Morgan fingerprint density at radius 1 is 1.12 bits per heavy atom. The number of hydrogen-bond donors (Lipinski definition) is 2. The van der Waals surface area contributed by atoms with E-state index >= 15 is 0 Å². The van der Waals surface area contributed by atoms with Gasteiger partial charge in [-0.2, -0.15) is 0 Å². The van der Waals surface area contributed by atoms with Gasteiger partial charge in [-0.05, 0) is 58.6 Å². The molecule has 0 heterocycles. The second-order valence-electron chi connectivity index (χ2n) is 5.35. The molecule has 126 valence electrons. The zero-order chi connectivity index (χ0) is 17.5. The molecule has 0 atom stereocenters. The van der Waals surface area contributed by atoms with Gasteiger partial charge < -0.3 is 10.6 Å². The molecular weight excluding hydrogens is 375 g/mol. The minimum absolute atomic E-state index is 0.0831. The van der Waals surface area contributed by atoms with Crippen molar-refractivity contribution < 1.29 is 14.0 Å². The van der Waals surface area contributed by atoms with Gasteiger partial charge in [0.15, 0.2) is 0 Å². The first-order chi connectivity index (χ1) is 11.5. The van der Waals surface area contributed by atoms with E-state index in [1.807, 2.05) is 19.1 Å². The Kier molecular flexibility index (Phi) is 6.49. The molecule has 2 aromatic carbocycles. The van der Waals surface area contributed by atoms with E-state index in [0.29, 0.717) is 23.0 Å². The standard InChI is InChI=1S/C18H18BrFN2O2/c1-12-4-2-3-5-14(12)18(24)22-11-17(23)21-9-8-13-6-7-16(20)15(19)10-13/h2-7,10H,8-9,11H2,1H3,(H,21,23)(H,22,24). The highest BCUT2D eigenvalue weighted by Crippen LogP contribution is 2.16. The third-order valence-corrected chi connectivity index (χ3v) is 4.13. The minimum atomic E-state index is -0.318. The van der Waals surface area contributed by atoms with Crippen molar-refractivity contribution in [3.8, 4) is 0 Å². The molecule has 0 spiro atoms. The number of halogens is 2. The van der Waals surface area contributed by atoms with Crippen LogP contribution in [0.1, 0.15) is 21.5 Å². The summed E-state index contributed by atoms with van der Waals surface area (Å²) < 4.78 is 13.5. The fraction of sp³-hybridized carbons (Fsp3) is 0.222. The van der Waals surface area contributed by atoms with Gasteiger partial charge in [-0.1, -0.05) is 24.3 Å². The molecule has 0 bridgehead atoms. The van der Waals surface area contributed by atoms with E-state index in [1.54, 1.807) is 24.3 Å². The van der Waals surface area contributed by atoms with Gasteiger partial charge in [-0.15, -0.1) is 0 Å². The van der Waals surface area contributed by atoms with E-state index in [2.05, 4.69) is 26.6 Å². The fourth-order valence-electron chi connectivity index (χ4n) is 2.19. The van der Waals surface area contributed by atoms with Crippen molar-refractivity contribution >= 4 is 27.7 Å². The van der Waals surface area contributed by atoms with Crippen molar-refractivity contribution in [3.05, 3.63) is 69.4 Å². The first-order valence-electron chi connectivity index (χ1n) is 7.52. The monoisotopic (exact) mass is 392 g/mol. The average Bonchev–Trinajstić information content (AvgIpc) is 2.56. The van der Waals surface area contributed by atoms with E-state index in [1.165, 1.54) is 6.07 Å². The highest BCUT2D eigenvalue weighted by atomic mass is 79.9. The van der Waals surface area contributed by atoms with E-state index in [-0.39, 0.29) is 24.2 Å². The third-order valence-electron chi connectivity index (χ3n) is 3.52. The lowest BCUT2D eigenvalue weighted by molar-refractivity contribution is -0.120. The van der Waals surface area contributed by atoms with Crippen molar-refractivity contribution in [2.45, 2.75) is 13.3 Å². The largest absolute Gasteiger partial charge is 0.354 e. The van der Waals surface area contributed by atoms with Crippen LogP contribution >= 0.6 is 15.9 Å². The van der Waals surface area contributed by atoms with Crippen LogP contribution in [0.5, 0.6) is 0 Å². The van der Waals surface area contributed by atoms with Crippen LogP contribution in [0.3, 0.4) is 0 Å². The maximum absolute atomic E-state index is 13.1. The predicted octanol–water partition coefficient (Wildman–Crippen LogP) is 2.99. The summed E-state index contributed by atoms with van der Waals surface area (Å²) in [5, 5.41) is 5.32. The van der Waals surface area contributed by atoms with Crippen LogP contribution in [0, 0.1) is 12.7 Å². The Morgan fingerprint density at radius 2 is 1.88 bits per heavy atom. The lowest BCUT2D eigenvalue weighted by Gasteiger charge is -2.09. The second-order valence-corrected chi connectivity index (χ2v) is 6.20. The second kappa shape index (κ2) is 8.59. The van der Waals surface area contributed by atoms with Gasteiger partial charge in [0.05, 0.1) is 11.0 Å². The van der Waals surface area contributed by atoms with E-state index in [4.69, 9.17) is 0 Å². The highest BCUT2D eigenvalue weighted by Gasteiger charge is 2.09. The highest BCUT2D eigenvalue weighted by molar-refractivity contribution is 9.10. The summed E-state index contributed by atoms with van der Waals surface area (Å²) in [7, 11) is 0. The number of hydrogen-bond acceptors (Lipinski definition) is 2. The molecule has 0 saturated carbocycles. The number of nitrogens with one attached hydrogen (secondary N) is 2. The summed E-state index contributed by atoms with van der Waals surface area (Å²) in [6.07, 6.45) is 0.580. The quantitative estimate of drug-likeness (QED) is 0.793. The molecular formula is C18H18BrFN2O2. The van der Waals surface area contributed by atoms with Gasteiger partial charge in [0, 0.05) is 12.1 Å². The van der Waals surface area contributed by atoms with E-state index < -0.39 is 0 Å². The van der Waals surface area contributed by atoms with Crippen molar-refractivity contribution in [2.24, 2.45) is 0 Å². The maximum Gasteiger partial charge on any atom is 0.251 e. The fourth-order valence-corrected chi connectivity index (χ4v) is 2.61. The molecule has 0 aliphatic rings. The number of carbonyl (C=O) groups is 2. The molecule has 0 fully saturated rings. The lowest BCUT2D eigenvalue weighted by atomic mass is 10.1. The van der Waals surface area contributed by atoms with Crippen molar-refractivity contribution in [3.63, 3.8) is 0 Å². The molecule has 2 aromatic rings. The topological polar surface area (TPSA) is 58.2 Å². The van der Waals surface area contributed by atoms with Crippen molar-refractivity contribution in [1.29, 1.82) is 0 Å². The van der Waals surface area contributed by atoms with Crippen LogP contribution in [0.25, 0.3) is 0 Å². The van der Waals surface area contributed by atoms with Crippen molar-refractivity contribution in [2.75, 3.05) is 13.1 Å². The number of benzene rings is 2. The summed E-state index contributed by atoms with van der Waals surface area (Å²) in [5.74, 6) is -0.856. The first-order valence-corrected chi connectivity index (χ1v) is 8.31. The van der Waals surface area contributed by atoms with Gasteiger partial charge in [0.1, 0.15) is 5.82 Å². The summed E-state index contributed by atoms with van der Waals surface area (Å²) >= 11 is 3.13. The normalized spacial score (nSPS) is 10.3. The number of rotatable bonds is 6. The molecule has 0 aliphatic carbocycles. The predicted molar refractivity (Wildman–Crippen MR) is 94.3 cm³/mol. The Bertz CT molecular complexity index is 750. The molecule has 0 radical (unpaired) electrons. The third kappa shape index (κ3) is 5.16. The van der Waals surface area contributed by atoms with E-state index in [9.17, 15) is 14.0 Å². The number of carbonyl (C=O) groups excluding carboxylic acids is 2. The zero-order valence-corrected chi connectivity index (χ0v) is 14.8. The summed E-state index contributed by atoms with van der Waals surface area (Å²) in [6, 6.07) is 11.9. The summed E-state index contributed by atoms with van der Waals surface area (Å²) in [6.45, 7) is 2.17. The van der Waals surface area contributed by atoms with Crippen LogP contribution in [0.4, 0.5) is 4.39 Å². The number of aryl methyl sites for hydroxylation is 1. The van der Waals surface area contributed by atoms with Gasteiger partial charge >= 0.3 is 0 Å². The molecule has 2 amide bonds. The SMILES string of the molecule is Cc1ccccc1C(=O)NCC(=O)NCCc1ccc(F)c(Br)c1. The molecule has 0 saturated heterocycles. The van der Waals surface area contributed by atoms with Gasteiger partial charge in [0.25, 0.3) is 5.91 Å². The molecule has 0 aromatic heterocycles. The lowest BCUT2D eigenvalue weighted by Crippen LogP contribution is -2.37. The Balaban J connectivity index is 1.74. The summed E-state index contributed by atoms with van der Waals surface area (Å²) in [4.78, 5) is 23.8. The first kappa shape index (κ1) is 18.1. The van der Waals surface area contributed by atoms with Crippen LogP contribution in [0.2, 0.25) is 0 Å². The average molecular weight is 393 g/mol. The van der Waals surface area contributed by atoms with Gasteiger partial charge in [-0.3, -0.25) is 9.59 Å². The van der Waals surface area contributed by atoms with Crippen LogP contribution < -0.4 is 10.6 Å². The summed E-state index contributed by atoms with van der Waals surface area (Å²) in [5.41, 5.74) is 2.33. The van der Waals surface area contributed by atoms with Crippen LogP contribution in [-0.2, 0) is 11.2 Å². The Morgan fingerprint density at radius 3 is 2.58 bits per heavy atom. The smallest absolute Gasteiger partial charge is 0.251 e. The van der Waals surface area contributed by atoms with Gasteiger partial charge in [0.2, 0.25) is 5.91 Å². The molecule has 6 heteroatoms. The minimum Gasteiger partial charge on any atom is -0.354 e. The molecule has 0 aliphatic heterocycles. The Labute approximate surface area is 148 Å². The van der Waals surface area contributed by atoms with E-state index in [0.717, 1.165) is 11.1 Å². The zero-order valence-electron chi connectivity index (χ0n) is 13.2. The van der Waals surface area contributed by atoms with Crippen LogP contribution in [-0.4, -0.2) is 24.9 Å². The Hall–Kier alpha value is -2.21. The number of amides is 2.